The standard InChI is InChI=1S/C15H19F3N2O.ClH/c1-14(2,8-19)20-13(21)12-7-11(12)9-4-3-5-10(6-9)15(16,17)18;/h3-6,11-12H,7-8,19H2,1-2H3,(H,20,21);1H. The van der Waals surface area contributed by atoms with Gasteiger partial charge < -0.3 is 11.1 Å². The van der Waals surface area contributed by atoms with E-state index in [1.165, 1.54) is 6.07 Å². The van der Waals surface area contributed by atoms with Crippen LogP contribution in [0.25, 0.3) is 0 Å². The lowest BCUT2D eigenvalue weighted by molar-refractivity contribution is -0.137. The normalized spacial score (nSPS) is 21.0. The lowest BCUT2D eigenvalue weighted by Crippen LogP contribution is -2.49. The first-order chi connectivity index (χ1) is 9.64. The van der Waals surface area contributed by atoms with Crippen molar-refractivity contribution in [1.82, 2.24) is 5.32 Å². The van der Waals surface area contributed by atoms with Crippen LogP contribution in [0.1, 0.15) is 37.3 Å². The van der Waals surface area contributed by atoms with Crippen LogP contribution in [0.4, 0.5) is 13.2 Å². The highest BCUT2D eigenvalue weighted by atomic mass is 35.5. The second kappa shape index (κ2) is 6.46. The second-order valence-electron chi connectivity index (χ2n) is 6.15. The van der Waals surface area contributed by atoms with Gasteiger partial charge in [-0.2, -0.15) is 13.2 Å². The Kier molecular flexibility index (Phi) is 5.51. The van der Waals surface area contributed by atoms with Gasteiger partial charge in [-0.15, -0.1) is 12.4 Å². The average molecular weight is 337 g/mol. The summed E-state index contributed by atoms with van der Waals surface area (Å²) in [6.07, 6.45) is -3.78. The summed E-state index contributed by atoms with van der Waals surface area (Å²) in [5, 5.41) is 2.83. The van der Waals surface area contributed by atoms with Crippen LogP contribution in [0, 0.1) is 5.92 Å². The fraction of sp³-hybridized carbons (Fsp3) is 0.533. The van der Waals surface area contributed by atoms with Gasteiger partial charge in [-0.1, -0.05) is 18.2 Å². The summed E-state index contributed by atoms with van der Waals surface area (Å²) in [4.78, 5) is 12.1. The van der Waals surface area contributed by atoms with Gasteiger partial charge >= 0.3 is 6.18 Å². The van der Waals surface area contributed by atoms with E-state index < -0.39 is 17.3 Å². The molecule has 0 saturated heterocycles. The number of alkyl halides is 3. The van der Waals surface area contributed by atoms with Crippen molar-refractivity contribution in [2.24, 2.45) is 11.7 Å². The summed E-state index contributed by atoms with van der Waals surface area (Å²) in [6, 6.07) is 5.20. The van der Waals surface area contributed by atoms with Crippen molar-refractivity contribution in [3.05, 3.63) is 35.4 Å². The molecule has 1 aromatic carbocycles. The topological polar surface area (TPSA) is 55.1 Å². The van der Waals surface area contributed by atoms with E-state index in [0.29, 0.717) is 18.5 Å². The first-order valence-corrected chi connectivity index (χ1v) is 6.83. The summed E-state index contributed by atoms with van der Waals surface area (Å²) in [5.41, 5.74) is 4.94. The minimum absolute atomic E-state index is 0. The Morgan fingerprint density at radius 3 is 2.55 bits per heavy atom. The molecule has 1 amide bonds. The molecule has 1 aliphatic carbocycles. The summed E-state index contributed by atoms with van der Waals surface area (Å²) in [7, 11) is 0. The van der Waals surface area contributed by atoms with E-state index in [1.54, 1.807) is 6.07 Å². The molecule has 0 bridgehead atoms. The SMILES string of the molecule is CC(C)(CN)NC(=O)C1CC1c1cccc(C(F)(F)F)c1.Cl. The Bertz CT molecular complexity index is 546. The summed E-state index contributed by atoms with van der Waals surface area (Å²) < 4.78 is 38.0. The van der Waals surface area contributed by atoms with E-state index >= 15 is 0 Å². The van der Waals surface area contributed by atoms with Crippen molar-refractivity contribution in [3.63, 3.8) is 0 Å². The molecule has 0 spiro atoms. The van der Waals surface area contributed by atoms with Crippen LogP contribution in [0.5, 0.6) is 0 Å². The van der Waals surface area contributed by atoms with Gasteiger partial charge in [-0.05, 0) is 37.8 Å². The van der Waals surface area contributed by atoms with Gasteiger partial charge in [0.2, 0.25) is 5.91 Å². The predicted octanol–water partition coefficient (Wildman–Crippen LogP) is 3.08. The molecular formula is C15H20ClF3N2O. The molecule has 1 saturated carbocycles. The third kappa shape index (κ3) is 4.36. The molecule has 3 nitrogen and oxygen atoms in total. The third-order valence-electron chi connectivity index (χ3n) is 3.74. The van der Waals surface area contributed by atoms with E-state index in [1.807, 2.05) is 13.8 Å². The van der Waals surface area contributed by atoms with Crippen molar-refractivity contribution < 1.29 is 18.0 Å². The van der Waals surface area contributed by atoms with Crippen LogP contribution < -0.4 is 11.1 Å². The molecule has 1 aromatic rings. The maximum Gasteiger partial charge on any atom is 0.416 e. The van der Waals surface area contributed by atoms with Crippen molar-refractivity contribution in [2.45, 2.75) is 37.9 Å². The molecule has 2 unspecified atom stereocenters. The molecule has 0 radical (unpaired) electrons. The zero-order valence-electron chi connectivity index (χ0n) is 12.4. The highest BCUT2D eigenvalue weighted by molar-refractivity contribution is 5.85. The van der Waals surface area contributed by atoms with Crippen LogP contribution in [0.2, 0.25) is 0 Å². The predicted molar refractivity (Wildman–Crippen MR) is 80.8 cm³/mol. The fourth-order valence-corrected chi connectivity index (χ4v) is 2.28. The number of nitrogens with one attached hydrogen (secondary N) is 1. The van der Waals surface area contributed by atoms with E-state index in [2.05, 4.69) is 5.32 Å². The summed E-state index contributed by atoms with van der Waals surface area (Å²) in [6.45, 7) is 3.93. The molecule has 1 aliphatic rings. The fourth-order valence-electron chi connectivity index (χ4n) is 2.28. The Balaban J connectivity index is 0.00000242. The molecule has 0 aliphatic heterocycles. The van der Waals surface area contributed by atoms with Crippen molar-refractivity contribution in [1.29, 1.82) is 0 Å². The molecule has 0 aromatic heterocycles. The van der Waals surface area contributed by atoms with Crippen molar-refractivity contribution in [3.8, 4) is 0 Å². The lowest BCUT2D eigenvalue weighted by atomic mass is 10.0. The largest absolute Gasteiger partial charge is 0.416 e. The Morgan fingerprint density at radius 2 is 2.00 bits per heavy atom. The first-order valence-electron chi connectivity index (χ1n) is 6.83. The third-order valence-corrected chi connectivity index (χ3v) is 3.74. The average Bonchev–Trinajstić information content (AvgIpc) is 3.18. The monoisotopic (exact) mass is 336 g/mol. The Morgan fingerprint density at radius 1 is 1.36 bits per heavy atom. The zero-order valence-corrected chi connectivity index (χ0v) is 13.2. The number of rotatable bonds is 4. The van der Waals surface area contributed by atoms with Gasteiger partial charge in [0.05, 0.1) is 5.56 Å². The quantitative estimate of drug-likeness (QED) is 0.887. The number of carbonyl (C=O) groups excluding carboxylic acids is 1. The van der Waals surface area contributed by atoms with Gasteiger partial charge in [0.25, 0.3) is 0 Å². The first kappa shape index (κ1) is 18.8. The molecule has 124 valence electrons. The Hall–Kier alpha value is -1.27. The highest BCUT2D eigenvalue weighted by Gasteiger charge is 2.45. The van der Waals surface area contributed by atoms with Crippen LogP contribution in [-0.2, 0) is 11.0 Å². The number of nitrogens with two attached hydrogens (primary N) is 1. The van der Waals surface area contributed by atoms with Crippen LogP contribution in [0.15, 0.2) is 24.3 Å². The molecule has 0 heterocycles. The number of carbonyl (C=O) groups is 1. The van der Waals surface area contributed by atoms with Gasteiger partial charge in [-0.3, -0.25) is 4.79 Å². The Labute approximate surface area is 133 Å². The van der Waals surface area contributed by atoms with E-state index in [0.717, 1.165) is 12.1 Å². The maximum absolute atomic E-state index is 12.7. The smallest absolute Gasteiger partial charge is 0.350 e. The summed E-state index contributed by atoms with van der Waals surface area (Å²) in [5.74, 6) is -0.548. The minimum Gasteiger partial charge on any atom is -0.350 e. The number of hydrogen-bond donors (Lipinski definition) is 2. The van der Waals surface area contributed by atoms with Gasteiger partial charge in [-0.25, -0.2) is 0 Å². The zero-order chi connectivity index (χ0) is 15.8. The number of hydrogen-bond acceptors (Lipinski definition) is 2. The van der Waals surface area contributed by atoms with Crippen molar-refractivity contribution in [2.75, 3.05) is 6.54 Å². The van der Waals surface area contributed by atoms with Crippen LogP contribution in [0.3, 0.4) is 0 Å². The molecular weight excluding hydrogens is 317 g/mol. The number of amides is 1. The van der Waals surface area contributed by atoms with Crippen LogP contribution in [-0.4, -0.2) is 18.0 Å². The second-order valence-corrected chi connectivity index (χ2v) is 6.15. The molecule has 22 heavy (non-hydrogen) atoms. The van der Waals surface area contributed by atoms with E-state index in [-0.39, 0.29) is 30.2 Å². The van der Waals surface area contributed by atoms with Crippen molar-refractivity contribution >= 4 is 18.3 Å². The van der Waals surface area contributed by atoms with Gasteiger partial charge in [0.15, 0.2) is 0 Å². The minimum atomic E-state index is -4.36. The molecule has 2 atom stereocenters. The molecule has 3 N–H and O–H groups in total. The van der Waals surface area contributed by atoms with Gasteiger partial charge in [0, 0.05) is 18.0 Å². The van der Waals surface area contributed by atoms with E-state index in [9.17, 15) is 18.0 Å². The molecule has 2 rings (SSSR count). The summed E-state index contributed by atoms with van der Waals surface area (Å²) >= 11 is 0. The molecule has 7 heteroatoms. The van der Waals surface area contributed by atoms with Crippen LogP contribution >= 0.6 is 12.4 Å². The highest BCUT2D eigenvalue weighted by Crippen LogP contribution is 2.48. The van der Waals surface area contributed by atoms with Gasteiger partial charge in [0.1, 0.15) is 0 Å². The molecule has 1 fully saturated rings. The maximum atomic E-state index is 12.7. The number of halogens is 4. The lowest BCUT2D eigenvalue weighted by Gasteiger charge is -2.24. The number of benzene rings is 1. The van der Waals surface area contributed by atoms with E-state index in [4.69, 9.17) is 5.73 Å².